The van der Waals surface area contributed by atoms with E-state index in [-0.39, 0.29) is 17.6 Å². The molecule has 1 aromatic carbocycles. The first kappa shape index (κ1) is 16.6. The lowest BCUT2D eigenvalue weighted by Gasteiger charge is -2.22. The van der Waals surface area contributed by atoms with Crippen LogP contribution in [0.5, 0.6) is 0 Å². The lowest BCUT2D eigenvalue weighted by atomic mass is 9.94. The number of hydrogen-bond donors (Lipinski definition) is 2. The number of hydrogen-bond acceptors (Lipinski definition) is 4. The van der Waals surface area contributed by atoms with Crippen molar-refractivity contribution in [2.45, 2.75) is 25.2 Å². The van der Waals surface area contributed by atoms with Crippen LogP contribution in [0, 0.1) is 5.82 Å². The van der Waals surface area contributed by atoms with Crippen LogP contribution in [0.2, 0.25) is 5.15 Å². The molecule has 2 N–H and O–H groups in total. The zero-order chi connectivity index (χ0) is 16.9. The second-order valence-corrected chi connectivity index (χ2v) is 6.17. The third-order valence-corrected chi connectivity index (χ3v) is 4.18. The molecule has 1 amide bonds. The molecule has 2 aromatic rings. The lowest BCUT2D eigenvalue weighted by Crippen LogP contribution is -2.33. The number of aromatic nitrogens is 2. The maximum atomic E-state index is 12.9. The van der Waals surface area contributed by atoms with Crippen LogP contribution >= 0.6 is 11.6 Å². The predicted octanol–water partition coefficient (Wildman–Crippen LogP) is 2.92. The molecule has 0 bridgehead atoms. The van der Waals surface area contributed by atoms with E-state index in [2.05, 4.69) is 20.6 Å². The third-order valence-electron chi connectivity index (χ3n) is 3.99. The number of benzene rings is 1. The van der Waals surface area contributed by atoms with Crippen LogP contribution in [0.4, 0.5) is 10.3 Å². The lowest BCUT2D eigenvalue weighted by molar-refractivity contribution is -0.122. The minimum Gasteiger partial charge on any atom is -0.356 e. The molecule has 3 rings (SSSR count). The summed E-state index contributed by atoms with van der Waals surface area (Å²) in [7, 11) is 0. The first-order chi connectivity index (χ1) is 11.6. The molecule has 1 saturated heterocycles. The van der Waals surface area contributed by atoms with Gasteiger partial charge in [-0.1, -0.05) is 23.7 Å². The number of halogens is 2. The SMILES string of the molecule is O=C1CC(c2cc(Cl)nc(NCCc3ccc(F)cc3)n2)CCN1. The molecule has 1 aromatic heterocycles. The van der Waals surface area contributed by atoms with E-state index in [0.717, 1.165) is 24.1 Å². The van der Waals surface area contributed by atoms with Crippen LogP contribution in [-0.2, 0) is 11.2 Å². The largest absolute Gasteiger partial charge is 0.356 e. The van der Waals surface area contributed by atoms with Crippen molar-refractivity contribution >= 4 is 23.5 Å². The van der Waals surface area contributed by atoms with Crippen molar-refractivity contribution in [2.75, 3.05) is 18.4 Å². The minimum atomic E-state index is -0.244. The number of amides is 1. The minimum absolute atomic E-state index is 0.0341. The number of nitrogens with zero attached hydrogens (tertiary/aromatic N) is 2. The van der Waals surface area contributed by atoms with E-state index in [1.807, 2.05) is 0 Å². The van der Waals surface area contributed by atoms with Gasteiger partial charge < -0.3 is 10.6 Å². The summed E-state index contributed by atoms with van der Waals surface area (Å²) in [6.45, 7) is 1.26. The maximum absolute atomic E-state index is 12.9. The van der Waals surface area contributed by atoms with E-state index in [1.54, 1.807) is 18.2 Å². The molecule has 1 atom stereocenters. The van der Waals surface area contributed by atoms with Crippen LogP contribution in [0.25, 0.3) is 0 Å². The Labute approximate surface area is 144 Å². The molecule has 0 spiro atoms. The van der Waals surface area contributed by atoms with Crippen molar-refractivity contribution in [3.8, 4) is 0 Å². The van der Waals surface area contributed by atoms with Crippen LogP contribution in [0.1, 0.15) is 30.0 Å². The number of rotatable bonds is 5. The quantitative estimate of drug-likeness (QED) is 0.815. The van der Waals surface area contributed by atoms with Gasteiger partial charge in [-0.15, -0.1) is 0 Å². The standard InChI is InChI=1S/C17H18ClFN4O/c18-15-10-14(12-6-8-20-16(24)9-12)22-17(23-15)21-7-5-11-1-3-13(19)4-2-11/h1-4,10,12H,5-9H2,(H,20,24)(H,21,22,23). The van der Waals surface area contributed by atoms with Crippen molar-refractivity contribution in [1.29, 1.82) is 0 Å². The molecule has 0 aliphatic carbocycles. The fourth-order valence-electron chi connectivity index (χ4n) is 2.73. The highest BCUT2D eigenvalue weighted by Gasteiger charge is 2.22. The van der Waals surface area contributed by atoms with Crippen LogP contribution < -0.4 is 10.6 Å². The first-order valence-corrected chi connectivity index (χ1v) is 8.27. The van der Waals surface area contributed by atoms with E-state index in [4.69, 9.17) is 11.6 Å². The van der Waals surface area contributed by atoms with Gasteiger partial charge in [0.1, 0.15) is 11.0 Å². The van der Waals surface area contributed by atoms with E-state index >= 15 is 0 Å². The molecule has 0 saturated carbocycles. The second-order valence-electron chi connectivity index (χ2n) is 5.78. The summed E-state index contributed by atoms with van der Waals surface area (Å²) in [5, 5.41) is 6.30. The summed E-state index contributed by atoms with van der Waals surface area (Å²) in [4.78, 5) is 20.2. The second kappa shape index (κ2) is 7.57. The zero-order valence-corrected chi connectivity index (χ0v) is 13.8. The monoisotopic (exact) mass is 348 g/mol. The smallest absolute Gasteiger partial charge is 0.224 e. The summed E-state index contributed by atoms with van der Waals surface area (Å²) in [6, 6.07) is 8.11. The van der Waals surface area contributed by atoms with Gasteiger partial charge in [0.15, 0.2) is 0 Å². The maximum Gasteiger partial charge on any atom is 0.224 e. The number of nitrogens with one attached hydrogen (secondary N) is 2. The molecule has 126 valence electrons. The topological polar surface area (TPSA) is 66.9 Å². The number of anilines is 1. The van der Waals surface area contributed by atoms with Crippen LogP contribution in [0.15, 0.2) is 30.3 Å². The van der Waals surface area contributed by atoms with Crippen molar-refractivity contribution in [3.63, 3.8) is 0 Å². The van der Waals surface area contributed by atoms with Gasteiger partial charge in [0.25, 0.3) is 0 Å². The average Bonchev–Trinajstić information content (AvgIpc) is 2.56. The summed E-state index contributed by atoms with van der Waals surface area (Å²) in [5.74, 6) is 0.306. The Morgan fingerprint density at radius 2 is 2.08 bits per heavy atom. The van der Waals surface area contributed by atoms with Gasteiger partial charge in [-0.2, -0.15) is 0 Å². The Morgan fingerprint density at radius 1 is 1.29 bits per heavy atom. The van der Waals surface area contributed by atoms with Crippen molar-refractivity contribution in [3.05, 3.63) is 52.6 Å². The zero-order valence-electron chi connectivity index (χ0n) is 13.1. The molecule has 24 heavy (non-hydrogen) atoms. The third kappa shape index (κ3) is 4.41. The Balaban J connectivity index is 1.63. The highest BCUT2D eigenvalue weighted by molar-refractivity contribution is 6.29. The van der Waals surface area contributed by atoms with Gasteiger partial charge in [-0.3, -0.25) is 4.79 Å². The van der Waals surface area contributed by atoms with Crippen molar-refractivity contribution in [1.82, 2.24) is 15.3 Å². The van der Waals surface area contributed by atoms with E-state index < -0.39 is 0 Å². The molecule has 5 nitrogen and oxygen atoms in total. The molecule has 1 fully saturated rings. The molecule has 1 aliphatic rings. The summed E-state index contributed by atoms with van der Waals surface area (Å²) < 4.78 is 12.9. The average molecular weight is 349 g/mol. The first-order valence-electron chi connectivity index (χ1n) is 7.89. The highest BCUT2D eigenvalue weighted by atomic mass is 35.5. The van der Waals surface area contributed by atoms with E-state index in [0.29, 0.717) is 30.6 Å². The summed E-state index contributed by atoms with van der Waals surface area (Å²) >= 11 is 6.09. The van der Waals surface area contributed by atoms with Gasteiger partial charge in [-0.05, 0) is 36.6 Å². The Hall–Kier alpha value is -2.21. The van der Waals surface area contributed by atoms with Crippen LogP contribution in [-0.4, -0.2) is 29.0 Å². The normalized spacial score (nSPS) is 17.4. The van der Waals surface area contributed by atoms with Crippen molar-refractivity contribution < 1.29 is 9.18 Å². The Morgan fingerprint density at radius 3 is 2.83 bits per heavy atom. The summed E-state index contributed by atoms with van der Waals surface area (Å²) in [6.07, 6.45) is 1.98. The fourth-order valence-corrected chi connectivity index (χ4v) is 2.92. The Kier molecular flexibility index (Phi) is 5.25. The van der Waals surface area contributed by atoms with E-state index in [1.165, 1.54) is 12.1 Å². The predicted molar refractivity (Wildman–Crippen MR) is 90.6 cm³/mol. The highest BCUT2D eigenvalue weighted by Crippen LogP contribution is 2.26. The summed E-state index contributed by atoms with van der Waals surface area (Å²) in [5.41, 5.74) is 1.81. The molecule has 7 heteroatoms. The number of carbonyl (C=O) groups excluding carboxylic acids is 1. The van der Waals surface area contributed by atoms with Crippen molar-refractivity contribution in [2.24, 2.45) is 0 Å². The van der Waals surface area contributed by atoms with Gasteiger partial charge in [0, 0.05) is 25.4 Å². The van der Waals surface area contributed by atoms with E-state index in [9.17, 15) is 9.18 Å². The fraction of sp³-hybridized carbons (Fsp3) is 0.353. The number of piperidine rings is 1. The molecule has 2 heterocycles. The molecular formula is C17H18ClFN4O. The molecule has 1 aliphatic heterocycles. The molecule has 0 radical (unpaired) electrons. The molecular weight excluding hydrogens is 331 g/mol. The Bertz CT molecular complexity index is 723. The van der Waals surface area contributed by atoms with Gasteiger partial charge in [0.2, 0.25) is 11.9 Å². The molecule has 1 unspecified atom stereocenters. The van der Waals surface area contributed by atoms with Crippen LogP contribution in [0.3, 0.4) is 0 Å². The van der Waals surface area contributed by atoms with Gasteiger partial charge in [0.05, 0.1) is 5.69 Å². The van der Waals surface area contributed by atoms with Gasteiger partial charge >= 0.3 is 0 Å². The van der Waals surface area contributed by atoms with Gasteiger partial charge in [-0.25, -0.2) is 14.4 Å². The number of carbonyl (C=O) groups is 1.